The van der Waals surface area contributed by atoms with Crippen LogP contribution < -0.4 is 15.1 Å². The van der Waals surface area contributed by atoms with Crippen LogP contribution in [0, 0.1) is 5.82 Å². The average molecular weight is 337 g/mol. The van der Waals surface area contributed by atoms with Crippen LogP contribution >= 0.6 is 0 Å². The maximum Gasteiger partial charge on any atom is 0.282 e. The summed E-state index contributed by atoms with van der Waals surface area (Å²) in [5, 5.41) is 2.88. The predicted octanol–water partition coefficient (Wildman–Crippen LogP) is -0.885. The number of benzene rings is 1. The van der Waals surface area contributed by atoms with E-state index in [1.54, 1.807) is 17.0 Å². The van der Waals surface area contributed by atoms with Gasteiger partial charge < -0.3 is 19.9 Å². The maximum absolute atomic E-state index is 12.9. The van der Waals surface area contributed by atoms with E-state index in [-0.39, 0.29) is 17.8 Å². The van der Waals surface area contributed by atoms with Gasteiger partial charge in [0.05, 0.1) is 0 Å². The minimum Gasteiger partial charge on any atom is -0.372 e. The van der Waals surface area contributed by atoms with Gasteiger partial charge in [0.1, 0.15) is 44.6 Å². The Balaban J connectivity index is 1.44. The first kappa shape index (κ1) is 17.3. The summed E-state index contributed by atoms with van der Waals surface area (Å²) in [5.74, 6) is -0.295. The van der Waals surface area contributed by atoms with Gasteiger partial charge in [-0.05, 0) is 44.0 Å². The third kappa shape index (κ3) is 4.53. The van der Waals surface area contributed by atoms with E-state index in [4.69, 9.17) is 4.74 Å². The van der Waals surface area contributed by atoms with Crippen LogP contribution in [0.1, 0.15) is 19.8 Å². The molecular formula is C18H28FN3O2+2. The molecule has 2 heterocycles. The Hall–Kier alpha value is -1.50. The van der Waals surface area contributed by atoms with Crippen molar-refractivity contribution in [3.63, 3.8) is 0 Å². The van der Waals surface area contributed by atoms with Gasteiger partial charge in [-0.1, -0.05) is 0 Å². The zero-order valence-corrected chi connectivity index (χ0v) is 14.3. The molecule has 1 aromatic rings. The largest absolute Gasteiger partial charge is 0.372 e. The third-order valence-corrected chi connectivity index (χ3v) is 5.26. The fraction of sp³-hybridized carbons (Fsp3) is 0.611. The number of carbonyl (C=O) groups is 1. The molecule has 6 heteroatoms. The lowest BCUT2D eigenvalue weighted by Gasteiger charge is -2.33. The number of nitrogens with one attached hydrogen (secondary N) is 3. The lowest BCUT2D eigenvalue weighted by molar-refractivity contribution is -1.02. The molecule has 2 aliphatic rings. The molecule has 3 rings (SSSR count). The van der Waals surface area contributed by atoms with E-state index in [9.17, 15) is 9.18 Å². The Kier molecular flexibility index (Phi) is 5.81. The molecule has 0 spiro atoms. The lowest BCUT2D eigenvalue weighted by Crippen LogP contribution is -3.30. The minimum absolute atomic E-state index is 0.000755. The Labute approximate surface area is 142 Å². The second kappa shape index (κ2) is 8.05. The van der Waals surface area contributed by atoms with Crippen molar-refractivity contribution in [3.8, 4) is 0 Å². The van der Waals surface area contributed by atoms with Crippen LogP contribution in [0.2, 0.25) is 0 Å². The molecule has 0 unspecified atom stereocenters. The highest BCUT2D eigenvalue weighted by Gasteiger charge is 2.32. The molecule has 5 nitrogen and oxygen atoms in total. The third-order valence-electron chi connectivity index (χ3n) is 5.26. The van der Waals surface area contributed by atoms with Gasteiger partial charge in [0.15, 0.2) is 6.04 Å². The van der Waals surface area contributed by atoms with Crippen LogP contribution in [0.15, 0.2) is 24.3 Å². The van der Waals surface area contributed by atoms with E-state index < -0.39 is 0 Å². The average Bonchev–Trinajstić information content (AvgIpc) is 3.10. The number of carbonyl (C=O) groups excluding carboxylic acids is 1. The molecule has 2 saturated heterocycles. The monoisotopic (exact) mass is 337 g/mol. The van der Waals surface area contributed by atoms with E-state index in [1.807, 2.05) is 6.92 Å². The van der Waals surface area contributed by atoms with Crippen molar-refractivity contribution in [3.05, 3.63) is 30.1 Å². The van der Waals surface area contributed by atoms with Crippen molar-refractivity contribution in [1.82, 2.24) is 0 Å². The summed E-state index contributed by atoms with van der Waals surface area (Å²) in [4.78, 5) is 15.3. The Morgan fingerprint density at radius 1 is 1.29 bits per heavy atom. The molecule has 0 radical (unpaired) electrons. The standard InChI is InChI=1S/C18H26FN3O2/c1-14(18(23)20-16-6-4-15(19)5-7-16)22-10-8-21(9-11-22)13-17-3-2-12-24-17/h4-7,14,17H,2-3,8-13H2,1H3,(H,20,23)/p+2/t14-,17-/m1/s1. The normalized spacial score (nSPS) is 28.5. The number of anilines is 1. The van der Waals surface area contributed by atoms with E-state index in [1.165, 1.54) is 29.9 Å². The molecule has 1 aromatic carbocycles. The summed E-state index contributed by atoms with van der Waals surface area (Å²) in [7, 11) is 0. The molecule has 2 aliphatic heterocycles. The first-order valence-corrected chi connectivity index (χ1v) is 8.98. The SMILES string of the molecule is C[C@H](C(=O)Nc1ccc(F)cc1)[NH+]1CC[NH+](C[C@H]2CCCO2)CC1. The number of rotatable bonds is 5. The molecule has 3 N–H and O–H groups in total. The molecule has 0 aliphatic carbocycles. The minimum atomic E-state index is -0.294. The summed E-state index contributed by atoms with van der Waals surface area (Å²) < 4.78 is 18.7. The van der Waals surface area contributed by atoms with Gasteiger partial charge in [0.2, 0.25) is 0 Å². The van der Waals surface area contributed by atoms with Crippen molar-refractivity contribution in [2.75, 3.05) is 44.6 Å². The van der Waals surface area contributed by atoms with Crippen molar-refractivity contribution in [2.45, 2.75) is 31.9 Å². The van der Waals surface area contributed by atoms with Gasteiger partial charge in [-0.25, -0.2) is 4.39 Å². The van der Waals surface area contributed by atoms with E-state index in [2.05, 4.69) is 5.32 Å². The van der Waals surface area contributed by atoms with Crippen molar-refractivity contribution >= 4 is 11.6 Å². The van der Waals surface area contributed by atoms with Gasteiger partial charge in [0.25, 0.3) is 5.91 Å². The highest BCUT2D eigenvalue weighted by molar-refractivity contribution is 5.93. The fourth-order valence-corrected chi connectivity index (χ4v) is 3.66. The first-order chi connectivity index (χ1) is 11.6. The van der Waals surface area contributed by atoms with Gasteiger partial charge in [0, 0.05) is 12.3 Å². The zero-order valence-electron chi connectivity index (χ0n) is 14.3. The summed E-state index contributed by atoms with van der Waals surface area (Å²) in [6.45, 7) is 8.16. The predicted molar refractivity (Wildman–Crippen MR) is 89.7 cm³/mol. The number of quaternary nitrogens is 2. The van der Waals surface area contributed by atoms with Gasteiger partial charge in [-0.3, -0.25) is 4.79 Å². The lowest BCUT2D eigenvalue weighted by atomic mass is 10.2. The maximum atomic E-state index is 12.9. The Morgan fingerprint density at radius 3 is 2.62 bits per heavy atom. The molecule has 0 aromatic heterocycles. The van der Waals surface area contributed by atoms with Crippen LogP contribution in [0.25, 0.3) is 0 Å². The fourth-order valence-electron chi connectivity index (χ4n) is 3.66. The van der Waals surface area contributed by atoms with E-state index in [0.717, 1.165) is 39.3 Å². The molecule has 2 fully saturated rings. The number of hydrogen-bond donors (Lipinski definition) is 3. The highest BCUT2D eigenvalue weighted by atomic mass is 19.1. The highest BCUT2D eigenvalue weighted by Crippen LogP contribution is 2.09. The summed E-state index contributed by atoms with van der Waals surface area (Å²) in [5.41, 5.74) is 0.648. The van der Waals surface area contributed by atoms with Gasteiger partial charge >= 0.3 is 0 Å². The number of amides is 1. The molecule has 132 valence electrons. The van der Waals surface area contributed by atoms with Crippen molar-refractivity contribution < 1.29 is 23.7 Å². The topological polar surface area (TPSA) is 47.2 Å². The van der Waals surface area contributed by atoms with Crippen LogP contribution in [-0.2, 0) is 9.53 Å². The summed E-state index contributed by atoms with van der Waals surface area (Å²) in [6.07, 6.45) is 2.81. The number of piperazine rings is 1. The number of hydrogen-bond acceptors (Lipinski definition) is 2. The summed E-state index contributed by atoms with van der Waals surface area (Å²) in [6, 6.07) is 5.82. The molecule has 2 atom stereocenters. The van der Waals surface area contributed by atoms with Crippen LogP contribution in [-0.4, -0.2) is 57.4 Å². The molecular weight excluding hydrogens is 309 g/mol. The second-order valence-corrected chi connectivity index (χ2v) is 6.97. The van der Waals surface area contributed by atoms with Gasteiger partial charge in [-0.2, -0.15) is 0 Å². The quantitative estimate of drug-likeness (QED) is 0.653. The molecule has 24 heavy (non-hydrogen) atoms. The van der Waals surface area contributed by atoms with Crippen molar-refractivity contribution in [2.24, 2.45) is 0 Å². The molecule has 1 amide bonds. The van der Waals surface area contributed by atoms with Crippen LogP contribution in [0.5, 0.6) is 0 Å². The molecule has 0 bridgehead atoms. The van der Waals surface area contributed by atoms with Crippen LogP contribution in [0.3, 0.4) is 0 Å². The van der Waals surface area contributed by atoms with Gasteiger partial charge in [-0.15, -0.1) is 0 Å². The Morgan fingerprint density at radius 2 is 2.00 bits per heavy atom. The van der Waals surface area contributed by atoms with Crippen molar-refractivity contribution in [1.29, 1.82) is 0 Å². The van der Waals surface area contributed by atoms with Crippen LogP contribution in [0.4, 0.5) is 10.1 Å². The first-order valence-electron chi connectivity index (χ1n) is 8.98. The number of halogens is 1. The van der Waals surface area contributed by atoms with E-state index in [0.29, 0.717) is 11.8 Å². The number of ether oxygens (including phenoxy) is 1. The smallest absolute Gasteiger partial charge is 0.282 e. The molecule has 0 saturated carbocycles. The Bertz CT molecular complexity index is 538. The zero-order chi connectivity index (χ0) is 16.9. The van der Waals surface area contributed by atoms with E-state index >= 15 is 0 Å². The summed E-state index contributed by atoms with van der Waals surface area (Å²) >= 11 is 0. The second-order valence-electron chi connectivity index (χ2n) is 6.97.